The summed E-state index contributed by atoms with van der Waals surface area (Å²) < 4.78 is 0. The second-order valence-electron chi connectivity index (χ2n) is 2.82. The van der Waals surface area contributed by atoms with Gasteiger partial charge in [0, 0.05) is 17.9 Å². The van der Waals surface area contributed by atoms with E-state index in [1.807, 2.05) is 0 Å². The maximum Gasteiger partial charge on any atom is 0.250 e. The molecular weight excluding hydrogens is 182 g/mol. The topological polar surface area (TPSA) is 101 Å². The van der Waals surface area contributed by atoms with E-state index < -0.39 is 5.91 Å². The largest absolute Gasteiger partial charge is 0.399 e. The van der Waals surface area contributed by atoms with Gasteiger partial charge in [-0.25, -0.2) is 0 Å². The van der Waals surface area contributed by atoms with Gasteiger partial charge in [-0.15, -0.1) is 0 Å². The number of nitrogens with one attached hydrogen (secondary N) is 1. The Balaban J connectivity index is 2.97. The van der Waals surface area contributed by atoms with Crippen molar-refractivity contribution in [3.05, 3.63) is 23.8 Å². The van der Waals surface area contributed by atoms with Gasteiger partial charge in [0.1, 0.15) is 0 Å². The van der Waals surface area contributed by atoms with Crippen molar-refractivity contribution >= 4 is 17.3 Å². The quantitative estimate of drug-likeness (QED) is 0.498. The van der Waals surface area contributed by atoms with Crippen molar-refractivity contribution in [3.63, 3.8) is 0 Å². The number of primary amides is 1. The van der Waals surface area contributed by atoms with E-state index in [0.717, 1.165) is 0 Å². The lowest BCUT2D eigenvalue weighted by Gasteiger charge is -2.09. The van der Waals surface area contributed by atoms with Gasteiger partial charge in [0.25, 0.3) is 5.91 Å². The summed E-state index contributed by atoms with van der Waals surface area (Å²) in [6.45, 7) is 0.330. The number of nitrogen functional groups attached to an aromatic ring is 1. The van der Waals surface area contributed by atoms with E-state index in [0.29, 0.717) is 23.5 Å². The molecule has 1 amide bonds. The molecule has 0 heterocycles. The van der Waals surface area contributed by atoms with Gasteiger partial charge < -0.3 is 21.9 Å². The van der Waals surface area contributed by atoms with Crippen molar-refractivity contribution < 1.29 is 9.90 Å². The summed E-state index contributed by atoms with van der Waals surface area (Å²) in [4.78, 5) is 11.0. The molecule has 5 nitrogen and oxygen atoms in total. The summed E-state index contributed by atoms with van der Waals surface area (Å²) in [5, 5.41) is 11.5. The number of benzene rings is 1. The Bertz CT molecular complexity index is 339. The van der Waals surface area contributed by atoms with E-state index in [2.05, 4.69) is 5.32 Å². The lowest BCUT2D eigenvalue weighted by atomic mass is 10.1. The molecule has 6 N–H and O–H groups in total. The Morgan fingerprint density at radius 3 is 2.79 bits per heavy atom. The summed E-state index contributed by atoms with van der Waals surface area (Å²) >= 11 is 0. The number of hydrogen-bond donors (Lipinski definition) is 4. The van der Waals surface area contributed by atoms with Crippen LogP contribution in [0.4, 0.5) is 11.4 Å². The molecule has 0 aromatic heterocycles. The van der Waals surface area contributed by atoms with E-state index in [4.69, 9.17) is 16.6 Å². The maximum absolute atomic E-state index is 11.0. The van der Waals surface area contributed by atoms with Crippen LogP contribution in [0.3, 0.4) is 0 Å². The van der Waals surface area contributed by atoms with Gasteiger partial charge in [-0.1, -0.05) is 0 Å². The SMILES string of the molecule is NC(=O)c1ccc(N)cc1NCCO. The monoisotopic (exact) mass is 195 g/mol. The number of carbonyl (C=O) groups excluding carboxylic acids is 1. The van der Waals surface area contributed by atoms with Crippen molar-refractivity contribution in [2.75, 3.05) is 24.2 Å². The minimum absolute atomic E-state index is 0.0208. The van der Waals surface area contributed by atoms with E-state index >= 15 is 0 Å². The lowest BCUT2D eigenvalue weighted by molar-refractivity contribution is 0.100. The molecule has 0 unspecified atom stereocenters. The lowest BCUT2D eigenvalue weighted by Crippen LogP contribution is -2.16. The number of carbonyl (C=O) groups is 1. The highest BCUT2D eigenvalue weighted by Gasteiger charge is 2.07. The molecule has 0 bridgehead atoms. The fourth-order valence-corrected chi connectivity index (χ4v) is 1.11. The molecule has 5 heteroatoms. The van der Waals surface area contributed by atoms with Crippen LogP contribution in [0.2, 0.25) is 0 Å². The molecule has 0 saturated carbocycles. The van der Waals surface area contributed by atoms with E-state index in [-0.39, 0.29) is 6.61 Å². The second-order valence-corrected chi connectivity index (χ2v) is 2.82. The van der Waals surface area contributed by atoms with Gasteiger partial charge in [-0.3, -0.25) is 4.79 Å². The number of rotatable bonds is 4. The van der Waals surface area contributed by atoms with Crippen LogP contribution in [-0.4, -0.2) is 24.2 Å². The summed E-state index contributed by atoms with van der Waals surface area (Å²) in [7, 11) is 0. The van der Waals surface area contributed by atoms with Crippen molar-refractivity contribution in [1.82, 2.24) is 0 Å². The number of amides is 1. The zero-order valence-corrected chi connectivity index (χ0v) is 7.66. The minimum Gasteiger partial charge on any atom is -0.399 e. The summed E-state index contributed by atoms with van der Waals surface area (Å²) in [6, 6.07) is 4.76. The molecule has 0 fully saturated rings. The first-order valence-electron chi connectivity index (χ1n) is 4.19. The molecule has 0 aliphatic carbocycles. The standard InChI is InChI=1S/C9H13N3O2/c10-6-1-2-7(9(11)14)8(5-6)12-3-4-13/h1-2,5,12-13H,3-4,10H2,(H2,11,14). The number of aliphatic hydroxyl groups excluding tert-OH is 1. The number of nitrogens with two attached hydrogens (primary N) is 2. The molecule has 14 heavy (non-hydrogen) atoms. The van der Waals surface area contributed by atoms with E-state index in [9.17, 15) is 4.79 Å². The van der Waals surface area contributed by atoms with Crippen molar-refractivity contribution in [2.45, 2.75) is 0 Å². The maximum atomic E-state index is 11.0. The third-order valence-electron chi connectivity index (χ3n) is 1.74. The second kappa shape index (κ2) is 4.48. The molecule has 0 saturated heterocycles. The van der Waals surface area contributed by atoms with E-state index in [1.54, 1.807) is 18.2 Å². The summed E-state index contributed by atoms with van der Waals surface area (Å²) in [5.74, 6) is -0.523. The van der Waals surface area contributed by atoms with Crippen LogP contribution in [0.1, 0.15) is 10.4 Å². The first-order valence-corrected chi connectivity index (χ1v) is 4.19. The smallest absolute Gasteiger partial charge is 0.250 e. The van der Waals surface area contributed by atoms with Crippen LogP contribution in [0.5, 0.6) is 0 Å². The Hall–Kier alpha value is -1.75. The van der Waals surface area contributed by atoms with Crippen molar-refractivity contribution in [2.24, 2.45) is 5.73 Å². The third kappa shape index (κ3) is 2.37. The predicted molar refractivity (Wildman–Crippen MR) is 54.9 cm³/mol. The van der Waals surface area contributed by atoms with Gasteiger partial charge in [0.2, 0.25) is 0 Å². The zero-order chi connectivity index (χ0) is 10.6. The molecule has 1 aromatic rings. The highest BCUT2D eigenvalue weighted by molar-refractivity contribution is 5.99. The normalized spacial score (nSPS) is 9.79. The van der Waals surface area contributed by atoms with Crippen LogP contribution in [0, 0.1) is 0 Å². The van der Waals surface area contributed by atoms with Gasteiger partial charge in [0.15, 0.2) is 0 Å². The van der Waals surface area contributed by atoms with Crippen LogP contribution in [0.25, 0.3) is 0 Å². The van der Waals surface area contributed by atoms with Gasteiger partial charge in [-0.05, 0) is 18.2 Å². The fraction of sp³-hybridized carbons (Fsp3) is 0.222. The Labute approximate surface area is 81.7 Å². The minimum atomic E-state index is -0.523. The van der Waals surface area contributed by atoms with Crippen LogP contribution < -0.4 is 16.8 Å². The Kier molecular flexibility index (Phi) is 3.30. The molecule has 0 aliphatic heterocycles. The van der Waals surface area contributed by atoms with Crippen LogP contribution >= 0.6 is 0 Å². The van der Waals surface area contributed by atoms with Crippen LogP contribution in [-0.2, 0) is 0 Å². The van der Waals surface area contributed by atoms with Crippen molar-refractivity contribution in [1.29, 1.82) is 0 Å². The molecule has 0 aliphatic rings. The van der Waals surface area contributed by atoms with Gasteiger partial charge in [0.05, 0.1) is 12.2 Å². The molecule has 0 spiro atoms. The zero-order valence-electron chi connectivity index (χ0n) is 7.66. The average molecular weight is 195 g/mol. The van der Waals surface area contributed by atoms with Gasteiger partial charge in [-0.2, -0.15) is 0 Å². The highest BCUT2D eigenvalue weighted by atomic mass is 16.3. The predicted octanol–water partition coefficient (Wildman–Crippen LogP) is -0.228. The molecule has 0 atom stereocenters. The van der Waals surface area contributed by atoms with E-state index in [1.165, 1.54) is 0 Å². The Morgan fingerprint density at radius 1 is 1.50 bits per heavy atom. The summed E-state index contributed by atoms with van der Waals surface area (Å²) in [6.07, 6.45) is 0. The molecule has 76 valence electrons. The molecule has 1 aromatic carbocycles. The van der Waals surface area contributed by atoms with Gasteiger partial charge >= 0.3 is 0 Å². The fourth-order valence-electron chi connectivity index (χ4n) is 1.11. The number of hydrogen-bond acceptors (Lipinski definition) is 4. The third-order valence-corrected chi connectivity index (χ3v) is 1.74. The highest BCUT2D eigenvalue weighted by Crippen LogP contribution is 2.18. The first kappa shape index (κ1) is 10.3. The number of anilines is 2. The first-order chi connectivity index (χ1) is 6.65. The Morgan fingerprint density at radius 2 is 2.21 bits per heavy atom. The average Bonchev–Trinajstić information content (AvgIpc) is 2.14. The molecule has 0 radical (unpaired) electrons. The molecule has 1 rings (SSSR count). The molecular formula is C9H13N3O2. The number of aliphatic hydroxyl groups is 1. The van der Waals surface area contributed by atoms with Crippen molar-refractivity contribution in [3.8, 4) is 0 Å². The van der Waals surface area contributed by atoms with Crippen LogP contribution in [0.15, 0.2) is 18.2 Å². The summed E-state index contributed by atoms with van der Waals surface area (Å²) in [5.41, 5.74) is 12.2.